The van der Waals surface area contributed by atoms with E-state index < -0.39 is 36.0 Å². The third kappa shape index (κ3) is 2.03. The highest BCUT2D eigenvalue weighted by Crippen LogP contribution is 2.43. The number of hydrogen-bond acceptors (Lipinski definition) is 4. The zero-order valence-corrected chi connectivity index (χ0v) is 9.26. The van der Waals surface area contributed by atoms with Gasteiger partial charge in [0.25, 0.3) is 5.91 Å². The van der Waals surface area contributed by atoms with Crippen molar-refractivity contribution in [3.8, 4) is 0 Å². The molecule has 0 radical (unpaired) electrons. The van der Waals surface area contributed by atoms with Crippen LogP contribution in [-0.4, -0.2) is 43.7 Å². The summed E-state index contributed by atoms with van der Waals surface area (Å²) in [5.74, 6) is -1.84. The van der Waals surface area contributed by atoms with Crippen LogP contribution in [0.5, 0.6) is 0 Å². The highest BCUT2D eigenvalue weighted by molar-refractivity contribution is 5.91. The Balaban J connectivity index is 2.12. The Hall–Kier alpha value is -1.35. The number of halogens is 3. The minimum atomic E-state index is -4.66. The molecule has 6 nitrogen and oxygen atoms in total. The van der Waals surface area contributed by atoms with E-state index in [1.165, 1.54) is 0 Å². The van der Waals surface area contributed by atoms with Crippen LogP contribution in [0.1, 0.15) is 6.42 Å². The Bertz CT molecular complexity index is 366. The predicted molar refractivity (Wildman–Crippen MR) is 52.0 cm³/mol. The lowest BCUT2D eigenvalue weighted by molar-refractivity contribution is -0.216. The molecule has 2 fully saturated rings. The van der Waals surface area contributed by atoms with Crippen LogP contribution in [0.25, 0.3) is 0 Å². The van der Waals surface area contributed by atoms with E-state index in [-0.39, 0.29) is 19.6 Å². The van der Waals surface area contributed by atoms with Gasteiger partial charge in [0.1, 0.15) is 12.6 Å². The van der Waals surface area contributed by atoms with Gasteiger partial charge in [-0.05, 0) is 13.0 Å². The molecule has 2 amide bonds. The lowest BCUT2D eigenvalue weighted by Crippen LogP contribution is -2.56. The Kier molecular flexibility index (Phi) is 3.20. The molecule has 0 aromatic rings. The van der Waals surface area contributed by atoms with Gasteiger partial charge in [0, 0.05) is 6.54 Å². The maximum absolute atomic E-state index is 13.0. The molecule has 0 aromatic carbocycles. The van der Waals surface area contributed by atoms with Crippen LogP contribution in [0, 0.1) is 5.41 Å². The summed E-state index contributed by atoms with van der Waals surface area (Å²) in [5.41, 5.74) is -0.496. The second-order valence-corrected chi connectivity index (χ2v) is 4.31. The monoisotopic (exact) mass is 267 g/mol. The summed E-state index contributed by atoms with van der Waals surface area (Å²) in [7, 11) is 0. The van der Waals surface area contributed by atoms with Crippen molar-refractivity contribution >= 4 is 11.8 Å². The molecule has 102 valence electrons. The average Bonchev–Trinajstić information content (AvgIpc) is 2.87. The second kappa shape index (κ2) is 4.39. The van der Waals surface area contributed by atoms with Crippen LogP contribution in [0.15, 0.2) is 0 Å². The molecule has 0 bridgehead atoms. The van der Waals surface area contributed by atoms with Gasteiger partial charge in [-0.1, -0.05) is 0 Å². The maximum atomic E-state index is 13.0. The summed E-state index contributed by atoms with van der Waals surface area (Å²) in [6, 6.07) is -1.07. The van der Waals surface area contributed by atoms with Crippen LogP contribution < -0.4 is 16.1 Å². The van der Waals surface area contributed by atoms with Gasteiger partial charge in [-0.25, -0.2) is 5.48 Å². The van der Waals surface area contributed by atoms with E-state index in [4.69, 9.17) is 0 Å². The molecule has 1 unspecified atom stereocenters. The molecule has 0 spiro atoms. The van der Waals surface area contributed by atoms with Gasteiger partial charge in [-0.15, -0.1) is 0 Å². The van der Waals surface area contributed by atoms with Crippen LogP contribution in [0.4, 0.5) is 13.2 Å². The van der Waals surface area contributed by atoms with E-state index in [1.54, 1.807) is 0 Å². The minimum Gasteiger partial charge on any atom is -0.341 e. The zero-order valence-electron chi connectivity index (χ0n) is 9.26. The summed E-state index contributed by atoms with van der Waals surface area (Å²) in [5, 5.41) is 4.61. The summed E-state index contributed by atoms with van der Waals surface area (Å²) in [4.78, 5) is 27.5. The highest BCUT2D eigenvalue weighted by Gasteiger charge is 2.61. The molecular weight excluding hydrogens is 255 g/mol. The number of hydrogen-bond donors (Lipinski definition) is 3. The highest BCUT2D eigenvalue weighted by atomic mass is 19.4. The molecule has 18 heavy (non-hydrogen) atoms. The number of rotatable bonds is 2. The van der Waals surface area contributed by atoms with Crippen molar-refractivity contribution in [3.63, 3.8) is 0 Å². The van der Waals surface area contributed by atoms with Gasteiger partial charge in [0.05, 0.1) is 0 Å². The minimum absolute atomic E-state index is 0.111. The Morgan fingerprint density at radius 1 is 1.50 bits per heavy atom. The summed E-state index contributed by atoms with van der Waals surface area (Å²) < 4.78 is 39.0. The molecule has 2 rings (SSSR count). The average molecular weight is 267 g/mol. The van der Waals surface area contributed by atoms with E-state index in [2.05, 4.69) is 15.5 Å². The first-order valence-electron chi connectivity index (χ1n) is 5.37. The topological polar surface area (TPSA) is 79.5 Å². The third-order valence-electron chi connectivity index (χ3n) is 3.18. The predicted octanol–water partition coefficient (Wildman–Crippen LogP) is -0.925. The lowest BCUT2D eigenvalue weighted by atomic mass is 9.85. The summed E-state index contributed by atoms with van der Waals surface area (Å²) >= 11 is 0. The Morgan fingerprint density at radius 3 is 2.67 bits per heavy atom. The van der Waals surface area contributed by atoms with E-state index in [9.17, 15) is 22.8 Å². The number of carbonyl (C=O) groups is 2. The van der Waals surface area contributed by atoms with Crippen LogP contribution in [-0.2, 0) is 14.4 Å². The number of alkyl halides is 3. The normalized spacial score (nSPS) is 32.4. The first-order valence-corrected chi connectivity index (χ1v) is 5.37. The quantitative estimate of drug-likeness (QED) is 0.604. The molecule has 2 saturated heterocycles. The molecule has 2 aliphatic heterocycles. The van der Waals surface area contributed by atoms with Crippen LogP contribution in [0.3, 0.4) is 0 Å². The van der Waals surface area contributed by atoms with Crippen molar-refractivity contribution in [2.75, 3.05) is 19.7 Å². The molecule has 2 aliphatic rings. The van der Waals surface area contributed by atoms with Crippen molar-refractivity contribution in [1.29, 1.82) is 0 Å². The van der Waals surface area contributed by atoms with Crippen molar-refractivity contribution in [2.24, 2.45) is 5.41 Å². The smallest absolute Gasteiger partial charge is 0.341 e. The van der Waals surface area contributed by atoms with E-state index in [0.29, 0.717) is 0 Å². The van der Waals surface area contributed by atoms with E-state index in [0.717, 1.165) is 0 Å². The molecule has 3 N–H and O–H groups in total. The van der Waals surface area contributed by atoms with Gasteiger partial charge in [-0.3, -0.25) is 14.4 Å². The fraction of sp³-hybridized carbons (Fsp3) is 0.778. The molecule has 2 atom stereocenters. The fourth-order valence-corrected chi connectivity index (χ4v) is 2.00. The molecule has 0 saturated carbocycles. The first kappa shape index (κ1) is 13.1. The van der Waals surface area contributed by atoms with Crippen molar-refractivity contribution < 1.29 is 27.6 Å². The van der Waals surface area contributed by atoms with Gasteiger partial charge in [-0.2, -0.15) is 13.2 Å². The third-order valence-corrected chi connectivity index (χ3v) is 3.18. The molecule has 0 aromatic heterocycles. The number of amides is 2. The second-order valence-electron chi connectivity index (χ2n) is 4.31. The van der Waals surface area contributed by atoms with Crippen molar-refractivity contribution in [3.05, 3.63) is 0 Å². The van der Waals surface area contributed by atoms with Crippen molar-refractivity contribution in [2.45, 2.75) is 18.6 Å². The maximum Gasteiger partial charge on any atom is 0.404 e. The van der Waals surface area contributed by atoms with Crippen LogP contribution >= 0.6 is 0 Å². The molecule has 9 heteroatoms. The van der Waals surface area contributed by atoms with Gasteiger partial charge in [0.15, 0.2) is 5.41 Å². The number of hydroxylamine groups is 1. The first-order chi connectivity index (χ1) is 8.37. The Labute approximate surface area is 100 Å². The summed E-state index contributed by atoms with van der Waals surface area (Å²) in [6.07, 6.45) is -4.99. The molecule has 0 aliphatic carbocycles. The fourth-order valence-electron chi connectivity index (χ4n) is 2.00. The van der Waals surface area contributed by atoms with E-state index >= 15 is 0 Å². The zero-order chi connectivity index (χ0) is 13.4. The standard InChI is InChI=1S/C9H12F3N3O3/c10-9(11,12)8(1-2-13-4-8)7(17)14-5-3-18-15-6(5)16/h5,13H,1-4H2,(H,14,17)(H,15,16)/t5-,8?/m1/s1. The SMILES string of the molecule is O=C1NOC[C@H]1NC(=O)C1(C(F)(F)F)CCNC1. The van der Waals surface area contributed by atoms with Gasteiger partial charge in [0.2, 0.25) is 5.91 Å². The van der Waals surface area contributed by atoms with Crippen molar-refractivity contribution in [1.82, 2.24) is 16.1 Å². The number of nitrogens with one attached hydrogen (secondary N) is 3. The summed E-state index contributed by atoms with van der Waals surface area (Å²) in [6.45, 7) is -0.538. The van der Waals surface area contributed by atoms with Gasteiger partial charge < -0.3 is 10.6 Å². The largest absolute Gasteiger partial charge is 0.404 e. The Morgan fingerprint density at radius 2 is 2.22 bits per heavy atom. The molecular formula is C9H12F3N3O3. The van der Waals surface area contributed by atoms with Gasteiger partial charge >= 0.3 is 6.18 Å². The number of carbonyl (C=O) groups excluding carboxylic acids is 2. The van der Waals surface area contributed by atoms with E-state index in [1.807, 2.05) is 5.48 Å². The van der Waals surface area contributed by atoms with Crippen LogP contribution in [0.2, 0.25) is 0 Å². The lowest BCUT2D eigenvalue weighted by Gasteiger charge is -2.30. The molecule has 2 heterocycles.